The summed E-state index contributed by atoms with van der Waals surface area (Å²) in [7, 11) is 0. The molecule has 0 aliphatic rings. The van der Waals surface area contributed by atoms with E-state index >= 15 is 0 Å². The molecule has 0 atom stereocenters. The number of hydrogen-bond acceptors (Lipinski definition) is 4. The average molecular weight is 439 g/mol. The van der Waals surface area contributed by atoms with Gasteiger partial charge in [0.25, 0.3) is 0 Å². The Hall–Kier alpha value is -4.32. The first-order chi connectivity index (χ1) is 16.2. The summed E-state index contributed by atoms with van der Waals surface area (Å²) in [4.78, 5) is 16.3. The van der Waals surface area contributed by atoms with Crippen molar-refractivity contribution in [1.29, 1.82) is 0 Å². The monoisotopic (exact) mass is 438 g/mol. The van der Waals surface area contributed by atoms with Gasteiger partial charge < -0.3 is 21.1 Å². The van der Waals surface area contributed by atoms with E-state index in [1.807, 2.05) is 72.8 Å². The van der Waals surface area contributed by atoms with Crippen molar-refractivity contribution < 1.29 is 9.53 Å². The minimum absolute atomic E-state index is 0.285. The van der Waals surface area contributed by atoms with Gasteiger partial charge in [0, 0.05) is 24.0 Å². The Bertz CT molecular complexity index is 1190. The standard InChI is InChI=1S/C27H26N4O2/c28-22-8-5-7-21(18-22)26-10-2-1-6-20(26)15-17-33-25-13-11-23(12-14-25)31-27(32)30-19-24-9-3-4-16-29-24/h1-14,16,18H,15,17,19,28H2,(H2,30,31,32). The smallest absolute Gasteiger partial charge is 0.319 e. The number of nitrogen functional groups attached to an aromatic ring is 1. The summed E-state index contributed by atoms with van der Waals surface area (Å²) in [6.07, 6.45) is 2.46. The molecule has 3 aromatic carbocycles. The number of benzene rings is 3. The Balaban J connectivity index is 1.28. The van der Waals surface area contributed by atoms with Crippen molar-refractivity contribution in [2.75, 3.05) is 17.7 Å². The molecule has 33 heavy (non-hydrogen) atoms. The van der Waals surface area contributed by atoms with Gasteiger partial charge >= 0.3 is 6.03 Å². The molecule has 0 aliphatic heterocycles. The molecule has 0 fully saturated rings. The molecule has 0 bridgehead atoms. The number of amides is 2. The highest BCUT2D eigenvalue weighted by atomic mass is 16.5. The number of carbonyl (C=O) groups excluding carboxylic acids is 1. The second-order valence-electron chi connectivity index (χ2n) is 7.53. The van der Waals surface area contributed by atoms with Crippen LogP contribution in [0.1, 0.15) is 11.3 Å². The molecule has 0 radical (unpaired) electrons. The Morgan fingerprint density at radius 2 is 1.73 bits per heavy atom. The van der Waals surface area contributed by atoms with Crippen LogP contribution in [0.3, 0.4) is 0 Å². The van der Waals surface area contributed by atoms with Gasteiger partial charge in [-0.1, -0.05) is 42.5 Å². The second kappa shape index (κ2) is 10.8. The summed E-state index contributed by atoms with van der Waals surface area (Å²) < 4.78 is 5.93. The number of rotatable bonds is 8. The van der Waals surface area contributed by atoms with E-state index in [-0.39, 0.29) is 6.03 Å². The molecule has 0 unspecified atom stereocenters. The second-order valence-corrected chi connectivity index (χ2v) is 7.53. The zero-order chi connectivity index (χ0) is 22.9. The summed E-state index contributed by atoms with van der Waals surface area (Å²) in [6.45, 7) is 0.904. The van der Waals surface area contributed by atoms with E-state index in [2.05, 4.69) is 33.8 Å². The average Bonchev–Trinajstić information content (AvgIpc) is 2.85. The van der Waals surface area contributed by atoms with Crippen LogP contribution in [0.5, 0.6) is 5.75 Å². The highest BCUT2D eigenvalue weighted by molar-refractivity contribution is 5.89. The zero-order valence-electron chi connectivity index (χ0n) is 18.2. The third-order valence-electron chi connectivity index (χ3n) is 5.12. The van der Waals surface area contributed by atoms with Gasteiger partial charge in [0.05, 0.1) is 18.8 Å². The van der Waals surface area contributed by atoms with E-state index in [4.69, 9.17) is 10.5 Å². The molecule has 0 spiro atoms. The van der Waals surface area contributed by atoms with Gasteiger partial charge in [-0.3, -0.25) is 4.98 Å². The van der Waals surface area contributed by atoms with Crippen molar-refractivity contribution in [3.63, 3.8) is 0 Å². The summed E-state index contributed by atoms with van der Waals surface area (Å²) >= 11 is 0. The molecule has 1 heterocycles. The molecule has 6 heteroatoms. The van der Waals surface area contributed by atoms with E-state index in [1.165, 1.54) is 5.56 Å². The van der Waals surface area contributed by atoms with Crippen molar-refractivity contribution in [2.24, 2.45) is 0 Å². The number of nitrogens with one attached hydrogen (secondary N) is 2. The maximum absolute atomic E-state index is 12.1. The van der Waals surface area contributed by atoms with Gasteiger partial charge in [0.1, 0.15) is 5.75 Å². The van der Waals surface area contributed by atoms with Crippen molar-refractivity contribution in [2.45, 2.75) is 13.0 Å². The largest absolute Gasteiger partial charge is 0.493 e. The van der Waals surface area contributed by atoms with Crippen LogP contribution >= 0.6 is 0 Å². The number of hydrogen-bond donors (Lipinski definition) is 3. The van der Waals surface area contributed by atoms with Gasteiger partial charge in [-0.15, -0.1) is 0 Å². The lowest BCUT2D eigenvalue weighted by atomic mass is 9.97. The SMILES string of the molecule is Nc1cccc(-c2ccccc2CCOc2ccc(NC(=O)NCc3ccccn3)cc2)c1. The third kappa shape index (κ3) is 6.33. The summed E-state index contributed by atoms with van der Waals surface area (Å²) in [5, 5.41) is 5.59. The minimum Gasteiger partial charge on any atom is -0.493 e. The van der Waals surface area contributed by atoms with Crippen LogP contribution < -0.4 is 21.1 Å². The minimum atomic E-state index is -0.285. The first kappa shape index (κ1) is 21.9. The number of anilines is 2. The lowest BCUT2D eigenvalue weighted by molar-refractivity contribution is 0.251. The maximum atomic E-state index is 12.1. The molecule has 4 rings (SSSR count). The van der Waals surface area contributed by atoms with Crippen LogP contribution in [0.25, 0.3) is 11.1 Å². The number of urea groups is 1. The number of carbonyl (C=O) groups is 1. The van der Waals surface area contributed by atoms with E-state index in [1.54, 1.807) is 6.20 Å². The topological polar surface area (TPSA) is 89.3 Å². The highest BCUT2D eigenvalue weighted by Crippen LogP contribution is 2.26. The summed E-state index contributed by atoms with van der Waals surface area (Å²) in [5.41, 5.74) is 11.6. The Morgan fingerprint density at radius 1 is 0.909 bits per heavy atom. The summed E-state index contributed by atoms with van der Waals surface area (Å²) in [5.74, 6) is 0.746. The molecular formula is C27H26N4O2. The molecule has 0 saturated heterocycles. The number of aromatic nitrogens is 1. The van der Waals surface area contributed by atoms with E-state index in [0.717, 1.165) is 34.7 Å². The fraction of sp³-hybridized carbons (Fsp3) is 0.111. The third-order valence-corrected chi connectivity index (χ3v) is 5.12. The van der Waals surface area contributed by atoms with E-state index < -0.39 is 0 Å². The first-order valence-electron chi connectivity index (χ1n) is 10.8. The van der Waals surface area contributed by atoms with E-state index in [0.29, 0.717) is 18.8 Å². The van der Waals surface area contributed by atoms with Crippen molar-refractivity contribution in [1.82, 2.24) is 10.3 Å². The normalized spacial score (nSPS) is 10.4. The van der Waals surface area contributed by atoms with Crippen LogP contribution in [0, 0.1) is 0 Å². The van der Waals surface area contributed by atoms with Crippen LogP contribution in [-0.4, -0.2) is 17.6 Å². The molecule has 4 aromatic rings. The molecule has 1 aromatic heterocycles. The predicted octanol–water partition coefficient (Wildman–Crippen LogP) is 5.27. The molecule has 6 nitrogen and oxygen atoms in total. The fourth-order valence-electron chi connectivity index (χ4n) is 3.49. The maximum Gasteiger partial charge on any atom is 0.319 e. The van der Waals surface area contributed by atoms with Gasteiger partial charge in [-0.05, 0) is 65.2 Å². The molecule has 166 valence electrons. The van der Waals surface area contributed by atoms with Crippen molar-refractivity contribution in [3.8, 4) is 16.9 Å². The van der Waals surface area contributed by atoms with Crippen LogP contribution in [0.4, 0.5) is 16.2 Å². The molecule has 0 aliphatic carbocycles. The van der Waals surface area contributed by atoms with Crippen LogP contribution in [0.2, 0.25) is 0 Å². The Labute approximate surface area is 193 Å². The Kier molecular flexibility index (Phi) is 7.18. The number of nitrogens with two attached hydrogens (primary N) is 1. The highest BCUT2D eigenvalue weighted by Gasteiger charge is 2.06. The first-order valence-corrected chi connectivity index (χ1v) is 10.8. The fourth-order valence-corrected chi connectivity index (χ4v) is 3.49. The van der Waals surface area contributed by atoms with Crippen LogP contribution in [-0.2, 0) is 13.0 Å². The number of ether oxygens (including phenoxy) is 1. The van der Waals surface area contributed by atoms with Crippen LogP contribution in [0.15, 0.2) is 97.2 Å². The molecule has 4 N–H and O–H groups in total. The van der Waals surface area contributed by atoms with Gasteiger partial charge in [-0.2, -0.15) is 0 Å². The quantitative estimate of drug-likeness (QED) is 0.327. The van der Waals surface area contributed by atoms with Crippen molar-refractivity contribution >= 4 is 17.4 Å². The lowest BCUT2D eigenvalue weighted by Gasteiger charge is -2.12. The predicted molar refractivity (Wildman–Crippen MR) is 132 cm³/mol. The molecule has 0 saturated carbocycles. The van der Waals surface area contributed by atoms with Gasteiger partial charge in [0.2, 0.25) is 0 Å². The Morgan fingerprint density at radius 3 is 2.52 bits per heavy atom. The van der Waals surface area contributed by atoms with Gasteiger partial charge in [0.15, 0.2) is 0 Å². The molecule has 2 amide bonds. The van der Waals surface area contributed by atoms with E-state index in [9.17, 15) is 4.79 Å². The van der Waals surface area contributed by atoms with Crippen molar-refractivity contribution in [3.05, 3.63) is 108 Å². The zero-order valence-corrected chi connectivity index (χ0v) is 18.2. The lowest BCUT2D eigenvalue weighted by Crippen LogP contribution is -2.28. The number of pyridine rings is 1. The molecular weight excluding hydrogens is 412 g/mol. The number of nitrogens with zero attached hydrogens (tertiary/aromatic N) is 1. The van der Waals surface area contributed by atoms with Gasteiger partial charge in [-0.25, -0.2) is 4.79 Å². The summed E-state index contributed by atoms with van der Waals surface area (Å²) in [6, 6.07) is 28.8.